The lowest BCUT2D eigenvalue weighted by molar-refractivity contribution is 0.204. The number of benzene rings is 2. The summed E-state index contributed by atoms with van der Waals surface area (Å²) >= 11 is 1.49. The molecule has 0 aliphatic rings. The second-order valence-electron chi connectivity index (χ2n) is 4.56. The van der Waals surface area contributed by atoms with Crippen LogP contribution in [0.15, 0.2) is 72.1 Å². The van der Waals surface area contributed by atoms with Gasteiger partial charge in [-0.05, 0) is 17.7 Å². The third-order valence-corrected chi connectivity index (χ3v) is 4.12. The number of aliphatic hydroxyl groups excluding tert-OH is 1. The van der Waals surface area contributed by atoms with Crippen molar-refractivity contribution >= 4 is 11.8 Å². The molecule has 0 fully saturated rings. The summed E-state index contributed by atoms with van der Waals surface area (Å²) < 4.78 is 1.92. The summed E-state index contributed by atoms with van der Waals surface area (Å²) in [5.41, 5.74) is 1.93. The molecular formula is C16H15N3OS. The Morgan fingerprint density at radius 2 is 1.67 bits per heavy atom. The number of hydrogen-bond acceptors (Lipinski definition) is 4. The van der Waals surface area contributed by atoms with Crippen molar-refractivity contribution in [1.82, 2.24) is 14.8 Å². The molecule has 0 aliphatic carbocycles. The van der Waals surface area contributed by atoms with Gasteiger partial charge in [-0.25, -0.2) is 0 Å². The minimum Gasteiger partial charge on any atom is -0.388 e. The van der Waals surface area contributed by atoms with Crippen molar-refractivity contribution in [2.24, 2.45) is 0 Å². The van der Waals surface area contributed by atoms with Crippen LogP contribution in [0.2, 0.25) is 0 Å². The lowest BCUT2D eigenvalue weighted by atomic mass is 10.1. The summed E-state index contributed by atoms with van der Waals surface area (Å²) in [5.74, 6) is 0.537. The fourth-order valence-electron chi connectivity index (χ4n) is 2.01. The fourth-order valence-corrected chi connectivity index (χ4v) is 2.91. The smallest absolute Gasteiger partial charge is 0.195 e. The lowest BCUT2D eigenvalue weighted by Crippen LogP contribution is -2.02. The van der Waals surface area contributed by atoms with Gasteiger partial charge in [0, 0.05) is 11.4 Å². The molecule has 1 aromatic heterocycles. The van der Waals surface area contributed by atoms with Gasteiger partial charge in [-0.15, -0.1) is 10.2 Å². The van der Waals surface area contributed by atoms with E-state index in [4.69, 9.17) is 0 Å². The van der Waals surface area contributed by atoms with Crippen LogP contribution in [0.5, 0.6) is 0 Å². The number of para-hydroxylation sites is 1. The normalized spacial score (nSPS) is 12.2. The molecule has 0 unspecified atom stereocenters. The van der Waals surface area contributed by atoms with E-state index in [0.717, 1.165) is 16.4 Å². The number of nitrogens with zero attached hydrogens (tertiary/aromatic N) is 3. The molecule has 3 rings (SSSR count). The lowest BCUT2D eigenvalue weighted by Gasteiger charge is -2.11. The largest absolute Gasteiger partial charge is 0.388 e. The van der Waals surface area contributed by atoms with E-state index in [1.807, 2.05) is 65.2 Å². The van der Waals surface area contributed by atoms with E-state index in [2.05, 4.69) is 10.2 Å². The van der Waals surface area contributed by atoms with Gasteiger partial charge < -0.3 is 5.11 Å². The quantitative estimate of drug-likeness (QED) is 0.735. The van der Waals surface area contributed by atoms with Crippen LogP contribution in [-0.4, -0.2) is 25.6 Å². The highest BCUT2D eigenvalue weighted by Crippen LogP contribution is 2.24. The van der Waals surface area contributed by atoms with Crippen molar-refractivity contribution in [3.05, 3.63) is 72.6 Å². The molecule has 0 radical (unpaired) electrons. The summed E-state index contributed by atoms with van der Waals surface area (Å²) in [6.07, 6.45) is 1.17. The summed E-state index contributed by atoms with van der Waals surface area (Å²) in [7, 11) is 0. The molecule has 4 nitrogen and oxygen atoms in total. The van der Waals surface area contributed by atoms with E-state index in [1.165, 1.54) is 11.8 Å². The Balaban J connectivity index is 1.71. The van der Waals surface area contributed by atoms with E-state index in [9.17, 15) is 5.11 Å². The van der Waals surface area contributed by atoms with Crippen molar-refractivity contribution in [3.8, 4) is 5.69 Å². The second kappa shape index (κ2) is 6.56. The van der Waals surface area contributed by atoms with Gasteiger partial charge in [0.25, 0.3) is 0 Å². The molecule has 0 saturated carbocycles. The standard InChI is InChI=1S/C16H15N3OS/c20-15(13-7-3-1-4-8-13)11-21-16-18-17-12-19(16)14-9-5-2-6-10-14/h1-10,12,15,20H,11H2/t15-/m0/s1. The molecule has 0 bridgehead atoms. The zero-order valence-electron chi connectivity index (χ0n) is 11.3. The first-order valence-electron chi connectivity index (χ1n) is 6.66. The molecular weight excluding hydrogens is 282 g/mol. The molecule has 106 valence electrons. The Kier molecular flexibility index (Phi) is 4.33. The highest BCUT2D eigenvalue weighted by molar-refractivity contribution is 7.99. The van der Waals surface area contributed by atoms with Crippen LogP contribution < -0.4 is 0 Å². The van der Waals surface area contributed by atoms with Gasteiger partial charge in [-0.3, -0.25) is 4.57 Å². The summed E-state index contributed by atoms with van der Waals surface area (Å²) in [5, 5.41) is 19.1. The van der Waals surface area contributed by atoms with E-state index in [0.29, 0.717) is 5.75 Å². The molecule has 0 aliphatic heterocycles. The average molecular weight is 297 g/mol. The minimum atomic E-state index is -0.517. The third-order valence-electron chi connectivity index (χ3n) is 3.11. The van der Waals surface area contributed by atoms with Crippen LogP contribution in [-0.2, 0) is 0 Å². The Bertz CT molecular complexity index is 685. The van der Waals surface area contributed by atoms with Gasteiger partial charge in [-0.1, -0.05) is 60.3 Å². The maximum atomic E-state index is 10.2. The Morgan fingerprint density at radius 1 is 1.00 bits per heavy atom. The van der Waals surface area contributed by atoms with Crippen LogP contribution in [0.4, 0.5) is 0 Å². The van der Waals surface area contributed by atoms with Gasteiger partial charge in [0.2, 0.25) is 0 Å². The molecule has 5 heteroatoms. The number of thioether (sulfide) groups is 1. The third kappa shape index (κ3) is 3.32. The Hall–Kier alpha value is -2.11. The van der Waals surface area contributed by atoms with E-state index in [1.54, 1.807) is 6.33 Å². The van der Waals surface area contributed by atoms with Crippen molar-refractivity contribution in [2.75, 3.05) is 5.75 Å². The van der Waals surface area contributed by atoms with E-state index < -0.39 is 6.10 Å². The van der Waals surface area contributed by atoms with Crippen LogP contribution >= 0.6 is 11.8 Å². The zero-order chi connectivity index (χ0) is 14.5. The first-order chi connectivity index (χ1) is 10.3. The van der Waals surface area contributed by atoms with Crippen LogP contribution in [0.3, 0.4) is 0 Å². The molecule has 0 amide bonds. The Labute approximate surface area is 127 Å². The van der Waals surface area contributed by atoms with Gasteiger partial charge in [0.05, 0.1) is 6.10 Å². The maximum Gasteiger partial charge on any atom is 0.195 e. The number of rotatable bonds is 5. The predicted octanol–water partition coefficient (Wildman–Crippen LogP) is 3.09. The topological polar surface area (TPSA) is 50.9 Å². The summed E-state index contributed by atoms with van der Waals surface area (Å²) in [4.78, 5) is 0. The van der Waals surface area contributed by atoms with Gasteiger partial charge in [0.1, 0.15) is 6.33 Å². The molecule has 2 aromatic carbocycles. The van der Waals surface area contributed by atoms with Crippen LogP contribution in [0.25, 0.3) is 5.69 Å². The first-order valence-corrected chi connectivity index (χ1v) is 7.64. The monoisotopic (exact) mass is 297 g/mol. The maximum absolute atomic E-state index is 10.2. The molecule has 21 heavy (non-hydrogen) atoms. The van der Waals surface area contributed by atoms with Gasteiger partial charge in [0.15, 0.2) is 5.16 Å². The molecule has 0 spiro atoms. The molecule has 1 N–H and O–H groups in total. The summed E-state index contributed by atoms with van der Waals surface area (Å²) in [6.45, 7) is 0. The van der Waals surface area contributed by atoms with Gasteiger partial charge >= 0.3 is 0 Å². The minimum absolute atomic E-state index is 0.517. The van der Waals surface area contributed by atoms with Crippen molar-refractivity contribution < 1.29 is 5.11 Å². The number of aromatic nitrogens is 3. The molecule has 1 heterocycles. The van der Waals surface area contributed by atoms with E-state index >= 15 is 0 Å². The van der Waals surface area contributed by atoms with Crippen molar-refractivity contribution in [3.63, 3.8) is 0 Å². The highest BCUT2D eigenvalue weighted by Gasteiger charge is 2.12. The second-order valence-corrected chi connectivity index (χ2v) is 5.54. The van der Waals surface area contributed by atoms with Crippen molar-refractivity contribution in [2.45, 2.75) is 11.3 Å². The van der Waals surface area contributed by atoms with E-state index in [-0.39, 0.29) is 0 Å². The summed E-state index contributed by atoms with van der Waals surface area (Å²) in [6, 6.07) is 19.6. The molecule has 3 aromatic rings. The molecule has 1 atom stereocenters. The average Bonchev–Trinajstić information content (AvgIpc) is 3.03. The highest BCUT2D eigenvalue weighted by atomic mass is 32.2. The van der Waals surface area contributed by atoms with Crippen LogP contribution in [0, 0.1) is 0 Å². The first kappa shape index (κ1) is 13.9. The van der Waals surface area contributed by atoms with Crippen LogP contribution in [0.1, 0.15) is 11.7 Å². The Morgan fingerprint density at radius 3 is 2.38 bits per heavy atom. The molecule has 0 saturated heterocycles. The number of aliphatic hydroxyl groups is 1. The zero-order valence-corrected chi connectivity index (χ0v) is 12.1. The number of hydrogen-bond donors (Lipinski definition) is 1. The SMILES string of the molecule is O[C@@H](CSc1nncn1-c1ccccc1)c1ccccc1. The van der Waals surface area contributed by atoms with Crippen molar-refractivity contribution in [1.29, 1.82) is 0 Å². The van der Waals surface area contributed by atoms with Gasteiger partial charge in [-0.2, -0.15) is 0 Å². The fraction of sp³-hybridized carbons (Fsp3) is 0.125. The predicted molar refractivity (Wildman–Crippen MR) is 83.5 cm³/mol.